The largest absolute Gasteiger partial charge is 0.383 e. The summed E-state index contributed by atoms with van der Waals surface area (Å²) in [6, 6.07) is 13.5. The summed E-state index contributed by atoms with van der Waals surface area (Å²) in [5.74, 6) is -1.03. The Hall–Kier alpha value is -3.45. The maximum Gasteiger partial charge on any atom is 0.221 e. The van der Waals surface area contributed by atoms with Crippen molar-refractivity contribution >= 4 is 23.1 Å². The summed E-state index contributed by atoms with van der Waals surface area (Å²) in [5.41, 5.74) is 10.4. The highest BCUT2D eigenvalue weighted by molar-refractivity contribution is 6.09. The highest BCUT2D eigenvalue weighted by Gasteiger charge is 2.36. The van der Waals surface area contributed by atoms with Crippen LogP contribution >= 0.6 is 0 Å². The van der Waals surface area contributed by atoms with Gasteiger partial charge in [0.15, 0.2) is 5.78 Å². The molecule has 2 aromatic heterocycles. The molecule has 1 amide bonds. The third-order valence-corrected chi connectivity index (χ3v) is 5.44. The first-order valence-corrected chi connectivity index (χ1v) is 9.89. The van der Waals surface area contributed by atoms with Crippen molar-refractivity contribution in [2.45, 2.75) is 19.4 Å². The number of aromatic nitrogens is 2. The number of para-hydroxylation sites is 1. The molecule has 0 radical (unpaired) electrons. The first-order valence-electron chi connectivity index (χ1n) is 9.89. The van der Waals surface area contributed by atoms with Crippen LogP contribution in [0.1, 0.15) is 22.5 Å². The quantitative estimate of drug-likeness (QED) is 0.630. The fourth-order valence-electron chi connectivity index (χ4n) is 4.04. The monoisotopic (exact) mass is 404 g/mol. The van der Waals surface area contributed by atoms with E-state index in [1.54, 1.807) is 19.5 Å². The summed E-state index contributed by atoms with van der Waals surface area (Å²) < 4.78 is 7.40. The molecule has 1 atom stereocenters. The molecule has 0 aliphatic heterocycles. The number of hydrogen-bond donors (Lipinski definition) is 2. The van der Waals surface area contributed by atoms with Crippen LogP contribution < -0.4 is 11.1 Å². The first-order chi connectivity index (χ1) is 14.6. The molecule has 30 heavy (non-hydrogen) atoms. The van der Waals surface area contributed by atoms with Crippen LogP contribution in [0.4, 0.5) is 11.4 Å². The lowest BCUT2D eigenvalue weighted by atomic mass is 9.85. The van der Waals surface area contributed by atoms with Crippen LogP contribution in [-0.4, -0.2) is 35.0 Å². The van der Waals surface area contributed by atoms with Crippen LogP contribution in [0.5, 0.6) is 0 Å². The van der Waals surface area contributed by atoms with E-state index in [4.69, 9.17) is 10.5 Å². The molecule has 3 N–H and O–H groups in total. The van der Waals surface area contributed by atoms with E-state index in [0.29, 0.717) is 25.1 Å². The molecule has 0 saturated carbocycles. The smallest absolute Gasteiger partial charge is 0.221 e. The molecule has 1 aliphatic carbocycles. The van der Waals surface area contributed by atoms with Crippen molar-refractivity contribution in [3.8, 4) is 11.3 Å². The molecular weight excluding hydrogens is 380 g/mol. The van der Waals surface area contributed by atoms with Crippen LogP contribution in [0.3, 0.4) is 0 Å². The molecule has 1 aliphatic rings. The Labute approximate surface area is 174 Å². The standard InChI is InChI=1S/C23H24N4O3/c1-30-12-11-27-18-13-16(23(24)29)14-19(28)20(18)21(26-17-5-3-2-4-6-17)22(27)15-7-9-25-10-8-15/h2-10,16,26H,11-14H2,1H3,(H2,24,29). The van der Waals surface area contributed by atoms with Gasteiger partial charge < -0.3 is 20.4 Å². The number of pyridine rings is 1. The molecule has 1 unspecified atom stereocenters. The molecule has 0 fully saturated rings. The number of fused-ring (bicyclic) bond motifs is 1. The zero-order valence-corrected chi connectivity index (χ0v) is 16.8. The van der Waals surface area contributed by atoms with Gasteiger partial charge in [-0.15, -0.1) is 0 Å². The summed E-state index contributed by atoms with van der Waals surface area (Å²) >= 11 is 0. The summed E-state index contributed by atoms with van der Waals surface area (Å²) in [6.45, 7) is 1.02. The fourth-order valence-corrected chi connectivity index (χ4v) is 4.04. The summed E-state index contributed by atoms with van der Waals surface area (Å²) in [4.78, 5) is 29.2. The Morgan fingerprint density at radius 3 is 2.60 bits per heavy atom. The Morgan fingerprint density at radius 2 is 1.93 bits per heavy atom. The highest BCUT2D eigenvalue weighted by atomic mass is 16.5. The lowest BCUT2D eigenvalue weighted by Crippen LogP contribution is -2.32. The molecule has 4 rings (SSSR count). The number of anilines is 2. The van der Waals surface area contributed by atoms with Gasteiger partial charge in [0.2, 0.25) is 5.91 Å². The molecule has 154 valence electrons. The number of carbonyl (C=O) groups excluding carboxylic acids is 2. The van der Waals surface area contributed by atoms with E-state index in [0.717, 1.165) is 28.3 Å². The normalized spacial score (nSPS) is 15.6. The summed E-state index contributed by atoms with van der Waals surface area (Å²) in [5, 5.41) is 3.45. The second kappa shape index (κ2) is 8.51. The summed E-state index contributed by atoms with van der Waals surface area (Å²) in [6.07, 6.45) is 4.00. The Balaban J connectivity index is 1.95. The number of carbonyl (C=O) groups is 2. The molecule has 0 spiro atoms. The van der Waals surface area contributed by atoms with Gasteiger partial charge in [-0.05, 0) is 24.3 Å². The van der Waals surface area contributed by atoms with Gasteiger partial charge in [-0.2, -0.15) is 0 Å². The molecular formula is C23H24N4O3. The fraction of sp³-hybridized carbons (Fsp3) is 0.261. The van der Waals surface area contributed by atoms with Crippen molar-refractivity contribution in [3.05, 3.63) is 66.1 Å². The average molecular weight is 404 g/mol. The number of ketones is 1. The maximum atomic E-state index is 13.2. The zero-order chi connectivity index (χ0) is 21.1. The van der Waals surface area contributed by atoms with Gasteiger partial charge in [0.1, 0.15) is 0 Å². The Bertz CT molecular complexity index is 1060. The minimum atomic E-state index is -0.504. The number of Topliss-reactive ketones (excluding diaryl/α,β-unsaturated/α-hetero) is 1. The van der Waals surface area contributed by atoms with Crippen molar-refractivity contribution in [1.29, 1.82) is 0 Å². The van der Waals surface area contributed by atoms with Crippen LogP contribution in [0.15, 0.2) is 54.9 Å². The van der Waals surface area contributed by atoms with E-state index in [2.05, 4.69) is 14.9 Å². The van der Waals surface area contributed by atoms with E-state index in [9.17, 15) is 9.59 Å². The minimum absolute atomic E-state index is 0.0787. The van der Waals surface area contributed by atoms with Gasteiger partial charge in [0.05, 0.1) is 29.5 Å². The molecule has 0 saturated heterocycles. The van der Waals surface area contributed by atoms with E-state index in [-0.39, 0.29) is 12.2 Å². The number of amides is 1. The van der Waals surface area contributed by atoms with Crippen molar-refractivity contribution < 1.29 is 14.3 Å². The van der Waals surface area contributed by atoms with Crippen LogP contribution in [0.2, 0.25) is 0 Å². The molecule has 1 aromatic carbocycles. The highest BCUT2D eigenvalue weighted by Crippen LogP contribution is 2.42. The number of primary amides is 1. The topological polar surface area (TPSA) is 99.2 Å². The van der Waals surface area contributed by atoms with Crippen molar-refractivity contribution in [1.82, 2.24) is 9.55 Å². The first kappa shape index (κ1) is 19.8. The summed E-state index contributed by atoms with van der Waals surface area (Å²) in [7, 11) is 1.64. The molecule has 0 bridgehead atoms. The van der Waals surface area contributed by atoms with Crippen molar-refractivity contribution in [2.24, 2.45) is 11.7 Å². The van der Waals surface area contributed by atoms with Gasteiger partial charge in [0, 0.05) is 55.8 Å². The second-order valence-corrected chi connectivity index (χ2v) is 7.35. The van der Waals surface area contributed by atoms with Gasteiger partial charge in [-0.1, -0.05) is 18.2 Å². The van der Waals surface area contributed by atoms with Gasteiger partial charge >= 0.3 is 0 Å². The average Bonchev–Trinajstić information content (AvgIpc) is 3.07. The number of rotatable bonds is 7. The second-order valence-electron chi connectivity index (χ2n) is 7.35. The van der Waals surface area contributed by atoms with Crippen molar-refractivity contribution in [2.75, 3.05) is 19.0 Å². The van der Waals surface area contributed by atoms with E-state index in [1.807, 2.05) is 42.5 Å². The SMILES string of the molecule is COCCn1c2c(c(Nc3ccccc3)c1-c1ccncc1)C(=O)CC(C(N)=O)C2. The maximum absolute atomic E-state index is 13.2. The molecule has 7 heteroatoms. The number of nitrogens with one attached hydrogen (secondary N) is 1. The van der Waals surface area contributed by atoms with E-state index in [1.165, 1.54) is 0 Å². The van der Waals surface area contributed by atoms with Crippen LogP contribution in [-0.2, 0) is 22.5 Å². The minimum Gasteiger partial charge on any atom is -0.383 e. The lowest BCUT2D eigenvalue weighted by Gasteiger charge is -2.21. The van der Waals surface area contributed by atoms with Crippen LogP contribution in [0, 0.1) is 5.92 Å². The molecule has 7 nitrogen and oxygen atoms in total. The number of methoxy groups -OCH3 is 1. The third kappa shape index (κ3) is 3.71. The van der Waals surface area contributed by atoms with Gasteiger partial charge in [-0.3, -0.25) is 14.6 Å². The zero-order valence-electron chi connectivity index (χ0n) is 16.8. The predicted octanol–water partition coefficient (Wildman–Crippen LogP) is 3.17. The predicted molar refractivity (Wildman–Crippen MR) is 115 cm³/mol. The van der Waals surface area contributed by atoms with E-state index >= 15 is 0 Å². The number of benzene rings is 1. The number of ether oxygens (including phenoxy) is 1. The Morgan fingerprint density at radius 1 is 1.20 bits per heavy atom. The number of hydrogen-bond acceptors (Lipinski definition) is 5. The van der Waals surface area contributed by atoms with Crippen LogP contribution in [0.25, 0.3) is 11.3 Å². The van der Waals surface area contributed by atoms with Crippen molar-refractivity contribution in [3.63, 3.8) is 0 Å². The van der Waals surface area contributed by atoms with Gasteiger partial charge in [-0.25, -0.2) is 0 Å². The third-order valence-electron chi connectivity index (χ3n) is 5.44. The molecule has 3 aromatic rings. The molecule has 2 heterocycles. The van der Waals surface area contributed by atoms with Gasteiger partial charge in [0.25, 0.3) is 0 Å². The Kier molecular flexibility index (Phi) is 5.63. The van der Waals surface area contributed by atoms with E-state index < -0.39 is 11.8 Å². The lowest BCUT2D eigenvalue weighted by molar-refractivity contribution is -0.121. The number of nitrogens with zero attached hydrogens (tertiary/aromatic N) is 2. The number of nitrogens with two attached hydrogens (primary N) is 1.